The number of benzene rings is 4. The summed E-state index contributed by atoms with van der Waals surface area (Å²) in [7, 11) is 0. The first-order valence-corrected chi connectivity index (χ1v) is 11.1. The standard InChI is InChI=1S/C28H22N4O2/c29-20-11-13-21(14-12-20)30-26-24(19-9-5-2-6-10-19)22(18-7-3-1-4-8-18)17-23-25(26)32-28-27(31-23)33-15-16-34-28/h1-14,17,30H,15-16,29H2. The van der Waals surface area contributed by atoms with Crippen molar-refractivity contribution in [2.75, 3.05) is 24.3 Å². The van der Waals surface area contributed by atoms with Crippen molar-refractivity contribution in [2.24, 2.45) is 0 Å². The van der Waals surface area contributed by atoms with E-state index in [1.54, 1.807) is 0 Å². The highest BCUT2D eigenvalue weighted by Gasteiger charge is 2.23. The zero-order chi connectivity index (χ0) is 22.9. The van der Waals surface area contributed by atoms with E-state index in [0.717, 1.165) is 39.1 Å². The molecule has 1 aromatic heterocycles. The quantitative estimate of drug-likeness (QED) is 0.327. The normalized spacial score (nSPS) is 12.5. The SMILES string of the molecule is Nc1ccc(Nc2c(-c3ccccc3)c(-c3ccccc3)cc3nc4c(nc23)OCCO4)cc1. The molecule has 0 radical (unpaired) electrons. The zero-order valence-corrected chi connectivity index (χ0v) is 18.4. The lowest BCUT2D eigenvalue weighted by atomic mass is 9.91. The number of fused-ring (bicyclic) bond motifs is 2. The summed E-state index contributed by atoms with van der Waals surface area (Å²) in [5, 5.41) is 3.60. The molecule has 0 saturated heterocycles. The average molecular weight is 447 g/mol. The Hall–Kier alpha value is -4.58. The van der Waals surface area contributed by atoms with Crippen LogP contribution in [-0.2, 0) is 0 Å². The Morgan fingerprint density at radius 1 is 0.706 bits per heavy atom. The fourth-order valence-electron chi connectivity index (χ4n) is 4.21. The maximum atomic E-state index is 5.93. The van der Waals surface area contributed by atoms with E-state index >= 15 is 0 Å². The number of hydrogen-bond donors (Lipinski definition) is 2. The molecule has 1 aliphatic heterocycles. The van der Waals surface area contributed by atoms with Crippen LogP contribution in [0.25, 0.3) is 33.3 Å². The van der Waals surface area contributed by atoms with Crippen molar-refractivity contribution in [2.45, 2.75) is 0 Å². The van der Waals surface area contributed by atoms with Crippen LogP contribution in [0.3, 0.4) is 0 Å². The second-order valence-electron chi connectivity index (χ2n) is 8.05. The van der Waals surface area contributed by atoms with Crippen LogP contribution in [-0.4, -0.2) is 23.2 Å². The molecule has 1 aliphatic rings. The number of aromatic nitrogens is 2. The van der Waals surface area contributed by atoms with Gasteiger partial charge in [0.05, 0.1) is 11.2 Å². The van der Waals surface area contributed by atoms with Crippen LogP contribution in [0.5, 0.6) is 11.8 Å². The van der Waals surface area contributed by atoms with Crippen LogP contribution in [0.2, 0.25) is 0 Å². The summed E-state index contributed by atoms with van der Waals surface area (Å²) >= 11 is 0. The lowest BCUT2D eigenvalue weighted by Crippen LogP contribution is -2.17. The number of nitrogen functional groups attached to an aromatic ring is 1. The topological polar surface area (TPSA) is 82.3 Å². The van der Waals surface area contributed by atoms with Gasteiger partial charge in [0, 0.05) is 16.9 Å². The van der Waals surface area contributed by atoms with Crippen LogP contribution < -0.4 is 20.5 Å². The van der Waals surface area contributed by atoms with Gasteiger partial charge < -0.3 is 20.5 Å². The Labute approximate surface area is 197 Å². The Morgan fingerprint density at radius 3 is 2.00 bits per heavy atom. The molecule has 0 aliphatic carbocycles. The molecule has 0 amide bonds. The third-order valence-electron chi connectivity index (χ3n) is 5.79. The van der Waals surface area contributed by atoms with Gasteiger partial charge in [0.15, 0.2) is 0 Å². The molecule has 166 valence electrons. The minimum absolute atomic E-state index is 0.408. The molecule has 0 atom stereocenters. The first-order chi connectivity index (χ1) is 16.8. The summed E-state index contributed by atoms with van der Waals surface area (Å²) in [4.78, 5) is 9.64. The minimum Gasteiger partial charge on any atom is -0.470 e. The predicted molar refractivity (Wildman–Crippen MR) is 136 cm³/mol. The van der Waals surface area contributed by atoms with E-state index in [0.29, 0.717) is 36.2 Å². The van der Waals surface area contributed by atoms with Crippen molar-refractivity contribution in [3.63, 3.8) is 0 Å². The predicted octanol–water partition coefficient (Wildman–Crippen LogP) is 6.06. The third kappa shape index (κ3) is 3.65. The van der Waals surface area contributed by atoms with Gasteiger partial charge >= 0.3 is 0 Å². The molecule has 0 unspecified atom stereocenters. The summed E-state index contributed by atoms with van der Waals surface area (Å²) < 4.78 is 11.5. The fraction of sp³-hybridized carbons (Fsp3) is 0.0714. The highest BCUT2D eigenvalue weighted by Crippen LogP contribution is 2.44. The smallest absolute Gasteiger partial charge is 0.278 e. The van der Waals surface area contributed by atoms with Crippen LogP contribution in [0.1, 0.15) is 0 Å². The van der Waals surface area contributed by atoms with Gasteiger partial charge in [-0.3, -0.25) is 0 Å². The average Bonchev–Trinajstić information content (AvgIpc) is 2.89. The molecule has 2 heterocycles. The van der Waals surface area contributed by atoms with Crippen LogP contribution in [0.4, 0.5) is 17.1 Å². The van der Waals surface area contributed by atoms with E-state index in [1.165, 1.54) is 0 Å². The summed E-state index contributed by atoms with van der Waals surface area (Å²) in [6, 6.07) is 30.3. The Kier molecular flexibility index (Phi) is 4.96. The van der Waals surface area contributed by atoms with E-state index in [9.17, 15) is 0 Å². The van der Waals surface area contributed by atoms with Crippen molar-refractivity contribution in [3.8, 4) is 34.0 Å². The van der Waals surface area contributed by atoms with Gasteiger partial charge in [-0.2, -0.15) is 0 Å². The lowest BCUT2D eigenvalue weighted by Gasteiger charge is -2.22. The molecular weight excluding hydrogens is 424 g/mol. The number of anilines is 3. The molecule has 6 nitrogen and oxygen atoms in total. The fourth-order valence-corrected chi connectivity index (χ4v) is 4.21. The molecule has 0 spiro atoms. The number of nitrogens with one attached hydrogen (secondary N) is 1. The molecule has 3 N–H and O–H groups in total. The number of hydrogen-bond acceptors (Lipinski definition) is 6. The highest BCUT2D eigenvalue weighted by atomic mass is 16.6. The van der Waals surface area contributed by atoms with Crippen molar-refractivity contribution in [1.82, 2.24) is 9.97 Å². The molecule has 6 rings (SSSR count). The van der Waals surface area contributed by atoms with E-state index in [4.69, 9.17) is 25.2 Å². The molecule has 0 bridgehead atoms. The first-order valence-electron chi connectivity index (χ1n) is 11.1. The Morgan fingerprint density at radius 2 is 1.32 bits per heavy atom. The third-order valence-corrected chi connectivity index (χ3v) is 5.79. The van der Waals surface area contributed by atoms with Gasteiger partial charge in [-0.05, 0) is 47.0 Å². The van der Waals surface area contributed by atoms with Crippen LogP contribution in [0, 0.1) is 0 Å². The molecule has 34 heavy (non-hydrogen) atoms. The molecule has 5 aromatic rings. The first kappa shape index (κ1) is 20.1. The number of rotatable bonds is 4. The summed E-state index contributed by atoms with van der Waals surface area (Å²) in [5.41, 5.74) is 14.0. The molecule has 6 heteroatoms. The van der Waals surface area contributed by atoms with Gasteiger partial charge in [0.2, 0.25) is 0 Å². The Balaban J connectivity index is 1.69. The van der Waals surface area contributed by atoms with Gasteiger partial charge in [-0.25, -0.2) is 9.97 Å². The van der Waals surface area contributed by atoms with Gasteiger partial charge in [-0.1, -0.05) is 60.7 Å². The van der Waals surface area contributed by atoms with Gasteiger partial charge in [-0.15, -0.1) is 0 Å². The summed E-state index contributed by atoms with van der Waals surface area (Å²) in [6.45, 7) is 0.902. The highest BCUT2D eigenvalue weighted by molar-refractivity contribution is 6.06. The molecule has 4 aromatic carbocycles. The maximum Gasteiger partial charge on any atom is 0.278 e. The van der Waals surface area contributed by atoms with E-state index < -0.39 is 0 Å². The number of nitrogens with two attached hydrogens (primary N) is 1. The van der Waals surface area contributed by atoms with E-state index in [1.807, 2.05) is 60.7 Å². The largest absolute Gasteiger partial charge is 0.470 e. The maximum absolute atomic E-state index is 5.93. The number of nitrogens with zero attached hydrogens (tertiary/aromatic N) is 2. The Bertz CT molecular complexity index is 1470. The van der Waals surface area contributed by atoms with Crippen molar-refractivity contribution < 1.29 is 9.47 Å². The summed E-state index contributed by atoms with van der Waals surface area (Å²) in [5.74, 6) is 0.828. The zero-order valence-electron chi connectivity index (χ0n) is 18.4. The van der Waals surface area contributed by atoms with Gasteiger partial charge in [0.25, 0.3) is 11.8 Å². The minimum atomic E-state index is 0.408. The van der Waals surface area contributed by atoms with Gasteiger partial charge in [0.1, 0.15) is 18.7 Å². The molecule has 0 fully saturated rings. The number of ether oxygens (including phenoxy) is 2. The van der Waals surface area contributed by atoms with Crippen molar-refractivity contribution in [3.05, 3.63) is 91.0 Å². The molecule has 0 saturated carbocycles. The second-order valence-corrected chi connectivity index (χ2v) is 8.05. The monoisotopic (exact) mass is 446 g/mol. The molecular formula is C28H22N4O2. The van der Waals surface area contributed by atoms with Crippen LogP contribution in [0.15, 0.2) is 91.0 Å². The van der Waals surface area contributed by atoms with Crippen LogP contribution >= 0.6 is 0 Å². The summed E-state index contributed by atoms with van der Waals surface area (Å²) in [6.07, 6.45) is 0. The van der Waals surface area contributed by atoms with E-state index in [2.05, 4.69) is 35.6 Å². The van der Waals surface area contributed by atoms with Crippen molar-refractivity contribution >= 4 is 28.1 Å². The van der Waals surface area contributed by atoms with Crippen molar-refractivity contribution in [1.29, 1.82) is 0 Å². The lowest BCUT2D eigenvalue weighted by molar-refractivity contribution is 0.158. The van der Waals surface area contributed by atoms with E-state index in [-0.39, 0.29) is 0 Å². The second kappa shape index (κ2) is 8.41.